The Balaban J connectivity index is 3.08. The molecular weight excluding hydrogens is 252 g/mol. The fourth-order valence-corrected chi connectivity index (χ4v) is 1.81. The molecule has 0 spiro atoms. The van der Waals surface area contributed by atoms with Crippen LogP contribution in [0.25, 0.3) is 0 Å². The fraction of sp³-hybridized carbons (Fsp3) is 0.500. The molecule has 5 nitrogen and oxygen atoms in total. The molecule has 1 atom stereocenters. The van der Waals surface area contributed by atoms with Crippen LogP contribution in [0.5, 0.6) is 0 Å². The molecule has 0 fully saturated rings. The van der Waals surface area contributed by atoms with E-state index in [1.54, 1.807) is 0 Å². The van der Waals surface area contributed by atoms with Gasteiger partial charge < -0.3 is 15.7 Å². The number of carboxylic acid groups (broad SMARTS) is 1. The van der Waals surface area contributed by atoms with E-state index in [0.717, 1.165) is 0 Å². The summed E-state index contributed by atoms with van der Waals surface area (Å²) < 4.78 is 0. The number of urea groups is 1. The van der Waals surface area contributed by atoms with Crippen molar-refractivity contribution in [3.63, 3.8) is 0 Å². The third-order valence-electron chi connectivity index (χ3n) is 2.02. The van der Waals surface area contributed by atoms with Crippen LogP contribution < -0.4 is 10.6 Å². The highest BCUT2D eigenvalue weighted by Crippen LogP contribution is 2.16. The van der Waals surface area contributed by atoms with Crippen molar-refractivity contribution in [1.82, 2.24) is 10.6 Å². The number of nitrogens with one attached hydrogen (secondary N) is 2. The second-order valence-corrected chi connectivity index (χ2v) is 3.45. The molecule has 0 aliphatic carbocycles. The van der Waals surface area contributed by atoms with Crippen molar-refractivity contribution in [2.45, 2.75) is 19.4 Å². The zero-order valence-corrected chi connectivity index (χ0v) is 9.22. The molecule has 0 radical (unpaired) electrons. The Labute approximate surface area is 89.7 Å². The molecule has 0 aromatic carbocycles. The van der Waals surface area contributed by atoms with Crippen LogP contribution in [-0.2, 0) is 4.79 Å². The summed E-state index contributed by atoms with van der Waals surface area (Å²) in [6.07, 6.45) is 0.561. The SMILES string of the molecule is CCC1NC(=O)NC(CBr)=C1C(=O)O. The standard InChI is InChI=1S/C8H11BrN2O3/c1-2-4-6(7(12)13)5(3-9)11-8(14)10-4/h4H,2-3H2,1H3,(H,12,13)(H2,10,11,14). The highest BCUT2D eigenvalue weighted by Gasteiger charge is 2.29. The third kappa shape index (κ3) is 2.06. The van der Waals surface area contributed by atoms with Crippen molar-refractivity contribution in [3.05, 3.63) is 11.3 Å². The topological polar surface area (TPSA) is 78.4 Å². The summed E-state index contributed by atoms with van der Waals surface area (Å²) >= 11 is 3.14. The molecule has 3 N–H and O–H groups in total. The quantitative estimate of drug-likeness (QED) is 0.659. The maximum Gasteiger partial charge on any atom is 0.335 e. The third-order valence-corrected chi connectivity index (χ3v) is 2.58. The van der Waals surface area contributed by atoms with Gasteiger partial charge in [-0.2, -0.15) is 0 Å². The molecule has 0 bridgehead atoms. The van der Waals surface area contributed by atoms with Crippen LogP contribution in [0.4, 0.5) is 4.79 Å². The second kappa shape index (κ2) is 4.45. The van der Waals surface area contributed by atoms with Gasteiger partial charge in [-0.3, -0.25) is 0 Å². The number of carbonyl (C=O) groups excluding carboxylic acids is 1. The lowest BCUT2D eigenvalue weighted by Crippen LogP contribution is -2.50. The number of hydrogen-bond acceptors (Lipinski definition) is 2. The zero-order valence-electron chi connectivity index (χ0n) is 7.63. The molecule has 78 valence electrons. The van der Waals surface area contributed by atoms with E-state index in [0.29, 0.717) is 17.4 Å². The highest BCUT2D eigenvalue weighted by atomic mass is 79.9. The van der Waals surface area contributed by atoms with Gasteiger partial charge in [-0.1, -0.05) is 22.9 Å². The Hall–Kier alpha value is -1.04. The lowest BCUT2D eigenvalue weighted by molar-refractivity contribution is -0.133. The Morgan fingerprint density at radius 1 is 1.64 bits per heavy atom. The largest absolute Gasteiger partial charge is 0.478 e. The van der Waals surface area contributed by atoms with Gasteiger partial charge in [-0.25, -0.2) is 9.59 Å². The van der Waals surface area contributed by atoms with Gasteiger partial charge in [-0.05, 0) is 6.42 Å². The molecule has 0 saturated heterocycles. The Bertz CT molecular complexity index is 301. The van der Waals surface area contributed by atoms with Gasteiger partial charge in [0.15, 0.2) is 0 Å². The summed E-state index contributed by atoms with van der Waals surface area (Å²) in [5.41, 5.74) is 0.650. The summed E-state index contributed by atoms with van der Waals surface area (Å²) in [6.45, 7) is 1.82. The van der Waals surface area contributed by atoms with Crippen LogP contribution in [0.2, 0.25) is 0 Å². The van der Waals surface area contributed by atoms with Crippen LogP contribution in [0.15, 0.2) is 11.3 Å². The van der Waals surface area contributed by atoms with Gasteiger partial charge in [0, 0.05) is 11.0 Å². The minimum Gasteiger partial charge on any atom is -0.478 e. The van der Waals surface area contributed by atoms with Crippen LogP contribution in [0.1, 0.15) is 13.3 Å². The number of alkyl halides is 1. The van der Waals surface area contributed by atoms with E-state index in [4.69, 9.17) is 5.11 Å². The van der Waals surface area contributed by atoms with Gasteiger partial charge in [0.05, 0.1) is 11.6 Å². The van der Waals surface area contributed by atoms with E-state index < -0.39 is 12.0 Å². The van der Waals surface area contributed by atoms with Gasteiger partial charge >= 0.3 is 12.0 Å². The van der Waals surface area contributed by atoms with E-state index in [9.17, 15) is 9.59 Å². The molecule has 0 aromatic heterocycles. The number of allylic oxidation sites excluding steroid dienone is 1. The molecule has 0 saturated carbocycles. The number of aliphatic carboxylic acids is 1. The molecule has 1 rings (SSSR count). The summed E-state index contributed by atoms with van der Waals surface area (Å²) in [5.74, 6) is -1.00. The Kier molecular flexibility index (Phi) is 3.51. The van der Waals surface area contributed by atoms with Crippen LogP contribution in [0.3, 0.4) is 0 Å². The first-order valence-electron chi connectivity index (χ1n) is 4.20. The van der Waals surface area contributed by atoms with Crippen molar-refractivity contribution in [1.29, 1.82) is 0 Å². The van der Waals surface area contributed by atoms with Crippen molar-refractivity contribution in [3.8, 4) is 0 Å². The molecule has 1 heterocycles. The molecule has 1 aliphatic heterocycles. The van der Waals surface area contributed by atoms with Crippen LogP contribution in [0, 0.1) is 0 Å². The van der Waals surface area contributed by atoms with E-state index in [-0.39, 0.29) is 11.6 Å². The van der Waals surface area contributed by atoms with E-state index >= 15 is 0 Å². The van der Waals surface area contributed by atoms with Crippen molar-refractivity contribution < 1.29 is 14.7 Å². The second-order valence-electron chi connectivity index (χ2n) is 2.89. The van der Waals surface area contributed by atoms with Gasteiger partial charge in [0.25, 0.3) is 0 Å². The Morgan fingerprint density at radius 2 is 2.29 bits per heavy atom. The number of halogens is 1. The van der Waals surface area contributed by atoms with Crippen molar-refractivity contribution in [2.75, 3.05) is 5.33 Å². The lowest BCUT2D eigenvalue weighted by Gasteiger charge is -2.26. The maximum atomic E-state index is 11.1. The number of hydrogen-bond donors (Lipinski definition) is 3. The molecule has 6 heteroatoms. The summed E-state index contributed by atoms with van der Waals surface area (Å²) in [4.78, 5) is 22.0. The predicted molar refractivity (Wildman–Crippen MR) is 54.2 cm³/mol. The molecule has 1 aliphatic rings. The van der Waals surface area contributed by atoms with Crippen molar-refractivity contribution >= 4 is 27.9 Å². The number of carbonyl (C=O) groups is 2. The summed E-state index contributed by atoms with van der Waals surface area (Å²) in [5, 5.41) is 14.3. The molecule has 14 heavy (non-hydrogen) atoms. The first kappa shape index (κ1) is 11.0. The van der Waals surface area contributed by atoms with E-state index in [1.807, 2.05) is 6.92 Å². The normalized spacial score (nSPS) is 21.6. The molecule has 0 aromatic rings. The van der Waals surface area contributed by atoms with E-state index in [1.165, 1.54) is 0 Å². The smallest absolute Gasteiger partial charge is 0.335 e. The monoisotopic (exact) mass is 262 g/mol. The lowest BCUT2D eigenvalue weighted by atomic mass is 10.0. The molecule has 2 amide bonds. The van der Waals surface area contributed by atoms with Crippen molar-refractivity contribution in [2.24, 2.45) is 0 Å². The minimum atomic E-state index is -1.00. The van der Waals surface area contributed by atoms with Crippen LogP contribution in [-0.4, -0.2) is 28.5 Å². The zero-order chi connectivity index (χ0) is 10.7. The van der Waals surface area contributed by atoms with E-state index in [2.05, 4.69) is 26.6 Å². The first-order valence-corrected chi connectivity index (χ1v) is 5.32. The highest BCUT2D eigenvalue weighted by molar-refractivity contribution is 9.09. The fourth-order valence-electron chi connectivity index (χ4n) is 1.37. The number of carboxylic acids is 1. The van der Waals surface area contributed by atoms with Gasteiger partial charge in [0.2, 0.25) is 0 Å². The average Bonchev–Trinajstić information content (AvgIpc) is 2.15. The summed E-state index contributed by atoms with van der Waals surface area (Å²) in [6, 6.07) is -0.759. The first-order chi connectivity index (χ1) is 6.60. The van der Waals surface area contributed by atoms with Gasteiger partial charge in [-0.15, -0.1) is 0 Å². The molecule has 1 unspecified atom stereocenters. The van der Waals surface area contributed by atoms with Crippen LogP contribution >= 0.6 is 15.9 Å². The summed E-state index contributed by atoms with van der Waals surface area (Å²) in [7, 11) is 0. The minimum absolute atomic E-state index is 0.226. The predicted octanol–water partition coefficient (Wildman–Crippen LogP) is 0.811. The maximum absolute atomic E-state index is 11.1. The average molecular weight is 263 g/mol. The Morgan fingerprint density at radius 3 is 2.71 bits per heavy atom. The van der Waals surface area contributed by atoms with Gasteiger partial charge in [0.1, 0.15) is 0 Å². The number of rotatable bonds is 3. The molecular formula is C8H11BrN2O3. The number of amides is 2.